The number of esters is 1. The summed E-state index contributed by atoms with van der Waals surface area (Å²) < 4.78 is 28.8. The Morgan fingerprint density at radius 3 is 2.69 bits per heavy atom. The zero-order chi connectivity index (χ0) is 18.3. The lowest BCUT2D eigenvalue weighted by Gasteiger charge is -2.39. The maximum Gasteiger partial charge on any atom is 0.312 e. The normalized spacial score (nSPS) is 37.8. The van der Waals surface area contributed by atoms with E-state index in [2.05, 4.69) is 5.32 Å². The number of methoxy groups -OCH3 is 1. The van der Waals surface area contributed by atoms with Crippen molar-refractivity contribution in [3.63, 3.8) is 0 Å². The van der Waals surface area contributed by atoms with Crippen LogP contribution in [-0.2, 0) is 35.0 Å². The number of hydrogen-bond acceptors (Lipinski definition) is 7. The quantitative estimate of drug-likeness (QED) is 0.806. The van der Waals surface area contributed by atoms with E-state index in [1.54, 1.807) is 0 Å². The van der Waals surface area contributed by atoms with Gasteiger partial charge in [-0.05, 0) is 19.4 Å². The standard InChI is InChI=1S/C19H25NO6/c1-19(2)25-16-15-14(24-18(16)26-19)13(12(10-23-15)17(21)22-3)20-9-11-7-5-4-6-8-11/h4-8,12-16,18,20H,9-10H2,1-3H3/t12-,13-,14+,15-,16+,18+/m0/s1. The zero-order valence-electron chi connectivity index (χ0n) is 15.2. The predicted molar refractivity (Wildman–Crippen MR) is 91.0 cm³/mol. The van der Waals surface area contributed by atoms with Crippen molar-refractivity contribution in [3.05, 3.63) is 35.9 Å². The molecule has 0 bridgehead atoms. The number of ether oxygens (including phenoxy) is 5. The van der Waals surface area contributed by atoms with E-state index in [4.69, 9.17) is 23.7 Å². The maximum atomic E-state index is 12.3. The highest BCUT2D eigenvalue weighted by atomic mass is 16.8. The fourth-order valence-electron chi connectivity index (χ4n) is 3.99. The van der Waals surface area contributed by atoms with Crippen LogP contribution in [0.1, 0.15) is 19.4 Å². The van der Waals surface area contributed by atoms with Gasteiger partial charge in [-0.1, -0.05) is 30.3 Å². The van der Waals surface area contributed by atoms with Gasteiger partial charge in [0, 0.05) is 6.54 Å². The molecule has 26 heavy (non-hydrogen) atoms. The minimum atomic E-state index is -0.699. The van der Waals surface area contributed by atoms with E-state index in [0.717, 1.165) is 5.56 Å². The number of benzene rings is 1. The first-order valence-electron chi connectivity index (χ1n) is 8.96. The topological polar surface area (TPSA) is 75.3 Å². The highest BCUT2D eigenvalue weighted by molar-refractivity contribution is 5.73. The van der Waals surface area contributed by atoms with Crippen LogP contribution in [0.3, 0.4) is 0 Å². The van der Waals surface area contributed by atoms with E-state index in [1.165, 1.54) is 7.11 Å². The molecular formula is C19H25NO6. The summed E-state index contributed by atoms with van der Waals surface area (Å²) in [7, 11) is 1.39. The van der Waals surface area contributed by atoms with E-state index < -0.39 is 18.0 Å². The van der Waals surface area contributed by atoms with Crippen LogP contribution in [0.5, 0.6) is 0 Å². The Hall–Kier alpha value is -1.51. The van der Waals surface area contributed by atoms with Gasteiger partial charge in [-0.25, -0.2) is 0 Å². The molecular weight excluding hydrogens is 338 g/mol. The Bertz CT molecular complexity index is 651. The number of rotatable bonds is 4. The lowest BCUT2D eigenvalue weighted by molar-refractivity contribution is -0.234. The Balaban J connectivity index is 1.52. The van der Waals surface area contributed by atoms with E-state index in [0.29, 0.717) is 6.54 Å². The van der Waals surface area contributed by atoms with E-state index in [1.807, 2.05) is 44.2 Å². The van der Waals surface area contributed by atoms with Crippen LogP contribution in [0.4, 0.5) is 0 Å². The molecule has 0 radical (unpaired) electrons. The lowest BCUT2D eigenvalue weighted by Crippen LogP contribution is -2.59. The van der Waals surface area contributed by atoms with Crippen LogP contribution >= 0.6 is 0 Å². The van der Waals surface area contributed by atoms with Gasteiger partial charge < -0.3 is 29.0 Å². The fourth-order valence-corrected chi connectivity index (χ4v) is 3.99. The molecule has 142 valence electrons. The third kappa shape index (κ3) is 3.25. The number of hydrogen-bond donors (Lipinski definition) is 1. The molecule has 0 unspecified atom stereocenters. The molecule has 1 aromatic carbocycles. The number of fused-ring (bicyclic) bond motifs is 3. The van der Waals surface area contributed by atoms with Crippen molar-refractivity contribution in [1.29, 1.82) is 0 Å². The Labute approximate surface area is 152 Å². The summed E-state index contributed by atoms with van der Waals surface area (Å²) in [5, 5.41) is 3.47. The summed E-state index contributed by atoms with van der Waals surface area (Å²) in [6.45, 7) is 4.59. The van der Waals surface area contributed by atoms with Gasteiger partial charge in [-0.3, -0.25) is 4.79 Å². The summed E-state index contributed by atoms with van der Waals surface area (Å²) in [6.07, 6.45) is -1.41. The molecule has 1 N–H and O–H groups in total. The molecule has 1 aromatic rings. The molecule has 0 amide bonds. The largest absolute Gasteiger partial charge is 0.469 e. The molecule has 7 heteroatoms. The van der Waals surface area contributed by atoms with E-state index in [9.17, 15) is 4.79 Å². The Morgan fingerprint density at radius 2 is 1.96 bits per heavy atom. The van der Waals surface area contributed by atoms with E-state index in [-0.39, 0.29) is 36.9 Å². The minimum absolute atomic E-state index is 0.248. The van der Waals surface area contributed by atoms with Gasteiger partial charge >= 0.3 is 5.97 Å². The Morgan fingerprint density at radius 1 is 1.19 bits per heavy atom. The van der Waals surface area contributed by atoms with Gasteiger partial charge in [0.05, 0.1) is 25.7 Å². The second-order valence-electron chi connectivity index (χ2n) is 7.39. The molecule has 3 fully saturated rings. The molecule has 3 aliphatic rings. The first kappa shape index (κ1) is 17.9. The SMILES string of the molecule is COC(=O)[C@H]1CO[C@H]2[C@H](O[C@@H]3OC(C)(C)O[C@@H]32)[C@H]1NCc1ccccc1. The fraction of sp³-hybridized carbons (Fsp3) is 0.632. The molecule has 0 spiro atoms. The van der Waals surface area contributed by atoms with Crippen molar-refractivity contribution in [2.45, 2.75) is 56.8 Å². The van der Waals surface area contributed by atoms with Crippen LogP contribution in [-0.4, -0.2) is 56.1 Å². The van der Waals surface area contributed by atoms with Gasteiger partial charge in [0.1, 0.15) is 18.3 Å². The summed E-state index contributed by atoms with van der Waals surface area (Å²) >= 11 is 0. The van der Waals surface area contributed by atoms with Crippen molar-refractivity contribution in [3.8, 4) is 0 Å². The number of carbonyl (C=O) groups is 1. The zero-order valence-corrected chi connectivity index (χ0v) is 15.2. The first-order chi connectivity index (χ1) is 12.5. The van der Waals surface area contributed by atoms with Gasteiger partial charge in [-0.2, -0.15) is 0 Å². The summed E-state index contributed by atoms with van der Waals surface area (Å²) in [6, 6.07) is 9.78. The smallest absolute Gasteiger partial charge is 0.312 e. The number of nitrogens with one attached hydrogen (secondary N) is 1. The second kappa shape index (κ2) is 6.90. The van der Waals surface area contributed by atoms with Crippen LogP contribution in [0.25, 0.3) is 0 Å². The maximum absolute atomic E-state index is 12.3. The predicted octanol–water partition coefficient (Wildman–Crippen LogP) is 1.21. The molecule has 0 saturated carbocycles. The Kier molecular flexibility index (Phi) is 4.75. The average molecular weight is 363 g/mol. The summed E-state index contributed by atoms with van der Waals surface area (Å²) in [5.74, 6) is -1.45. The summed E-state index contributed by atoms with van der Waals surface area (Å²) in [4.78, 5) is 12.3. The molecule has 0 aromatic heterocycles. The van der Waals surface area contributed by atoms with Crippen molar-refractivity contribution in [2.75, 3.05) is 13.7 Å². The van der Waals surface area contributed by atoms with Crippen LogP contribution in [0.2, 0.25) is 0 Å². The van der Waals surface area contributed by atoms with Gasteiger partial charge in [-0.15, -0.1) is 0 Å². The van der Waals surface area contributed by atoms with Crippen molar-refractivity contribution >= 4 is 5.97 Å². The first-order valence-corrected chi connectivity index (χ1v) is 8.96. The minimum Gasteiger partial charge on any atom is -0.469 e. The van der Waals surface area contributed by atoms with Gasteiger partial charge in [0.2, 0.25) is 0 Å². The van der Waals surface area contributed by atoms with Gasteiger partial charge in [0.25, 0.3) is 0 Å². The monoisotopic (exact) mass is 363 g/mol. The van der Waals surface area contributed by atoms with Crippen LogP contribution < -0.4 is 5.32 Å². The highest BCUT2D eigenvalue weighted by Gasteiger charge is 2.60. The van der Waals surface area contributed by atoms with Crippen LogP contribution in [0.15, 0.2) is 30.3 Å². The van der Waals surface area contributed by atoms with Crippen molar-refractivity contribution < 1.29 is 28.5 Å². The highest BCUT2D eigenvalue weighted by Crippen LogP contribution is 2.42. The van der Waals surface area contributed by atoms with Crippen LogP contribution in [0, 0.1) is 5.92 Å². The molecule has 0 aliphatic carbocycles. The molecule has 3 heterocycles. The summed E-state index contributed by atoms with van der Waals surface area (Å²) in [5.41, 5.74) is 1.13. The van der Waals surface area contributed by atoms with E-state index >= 15 is 0 Å². The molecule has 7 nitrogen and oxygen atoms in total. The second-order valence-corrected chi connectivity index (χ2v) is 7.39. The van der Waals surface area contributed by atoms with Crippen molar-refractivity contribution in [1.82, 2.24) is 5.32 Å². The average Bonchev–Trinajstić information content (AvgIpc) is 3.11. The molecule has 4 rings (SSSR count). The number of carbonyl (C=O) groups excluding carboxylic acids is 1. The lowest BCUT2D eigenvalue weighted by atomic mass is 9.88. The molecule has 3 aliphatic heterocycles. The van der Waals surface area contributed by atoms with Crippen molar-refractivity contribution in [2.24, 2.45) is 5.92 Å². The molecule has 6 atom stereocenters. The molecule has 3 saturated heterocycles. The van der Waals surface area contributed by atoms with Gasteiger partial charge in [0.15, 0.2) is 12.1 Å². The third-order valence-corrected chi connectivity index (χ3v) is 5.17. The third-order valence-electron chi connectivity index (χ3n) is 5.17.